The molecule has 0 fully saturated rings. The molecule has 6 nitrogen and oxygen atoms in total. The van der Waals surface area contributed by atoms with Crippen molar-refractivity contribution >= 4 is 28.9 Å². The lowest BCUT2D eigenvalue weighted by Crippen LogP contribution is -2.23. The van der Waals surface area contributed by atoms with Gasteiger partial charge < -0.3 is 20.1 Å². The molecule has 3 rings (SSSR count). The van der Waals surface area contributed by atoms with Crippen molar-refractivity contribution in [3.63, 3.8) is 0 Å². The fourth-order valence-corrected chi connectivity index (χ4v) is 2.79. The summed E-state index contributed by atoms with van der Waals surface area (Å²) in [5.41, 5.74) is 2.74. The summed E-state index contributed by atoms with van der Waals surface area (Å²) in [6, 6.07) is 16.3. The van der Waals surface area contributed by atoms with Gasteiger partial charge in [-0.2, -0.15) is 0 Å². The van der Waals surface area contributed by atoms with Gasteiger partial charge in [-0.1, -0.05) is 29.8 Å². The molecule has 2 aromatic carbocycles. The van der Waals surface area contributed by atoms with Gasteiger partial charge in [-0.05, 0) is 35.9 Å². The van der Waals surface area contributed by atoms with Crippen LogP contribution in [-0.4, -0.2) is 25.1 Å². The average Bonchev–Trinajstić information content (AvgIpc) is 2.73. The number of ether oxygens (including phenoxy) is 2. The molecule has 0 spiro atoms. The number of methoxy groups -OCH3 is 2. The Morgan fingerprint density at radius 2 is 1.75 bits per heavy atom. The molecule has 144 valence electrons. The minimum atomic E-state index is -0.266. The Bertz CT molecular complexity index is 961. The number of hydrogen-bond acceptors (Lipinski definition) is 5. The molecule has 2 N–H and O–H groups in total. The van der Waals surface area contributed by atoms with Gasteiger partial charge >= 0.3 is 0 Å². The first kappa shape index (κ1) is 19.5. The number of carbonyl (C=O) groups excluding carboxylic acids is 1. The van der Waals surface area contributed by atoms with Crippen LogP contribution in [0.4, 0.5) is 11.4 Å². The standard InChI is InChI=1S/C21H20ClN3O3/c1-27-19-10-8-15(11-20(19)28-2)25-16-7-9-18(23-13-16)21(26)24-12-14-5-3-4-6-17(14)22/h3-11,13,25H,12H2,1-2H3,(H,24,26). The highest BCUT2D eigenvalue weighted by atomic mass is 35.5. The largest absolute Gasteiger partial charge is 0.493 e. The van der Waals surface area contributed by atoms with Gasteiger partial charge in [-0.15, -0.1) is 0 Å². The highest BCUT2D eigenvalue weighted by Crippen LogP contribution is 2.31. The second kappa shape index (κ2) is 9.10. The summed E-state index contributed by atoms with van der Waals surface area (Å²) in [6.07, 6.45) is 1.60. The molecule has 1 heterocycles. The highest BCUT2D eigenvalue weighted by molar-refractivity contribution is 6.31. The highest BCUT2D eigenvalue weighted by Gasteiger charge is 2.09. The van der Waals surface area contributed by atoms with E-state index >= 15 is 0 Å². The Hall–Kier alpha value is -3.25. The molecule has 0 aliphatic rings. The summed E-state index contributed by atoms with van der Waals surface area (Å²) in [5.74, 6) is 1.00. The van der Waals surface area contributed by atoms with Crippen LogP contribution in [0.3, 0.4) is 0 Å². The van der Waals surface area contributed by atoms with Crippen LogP contribution in [0.2, 0.25) is 5.02 Å². The molecule has 1 aromatic heterocycles. The van der Waals surface area contributed by atoms with Gasteiger partial charge in [0.15, 0.2) is 11.5 Å². The number of nitrogens with zero attached hydrogens (tertiary/aromatic N) is 1. The predicted octanol–water partition coefficient (Wildman–Crippen LogP) is 4.43. The fourth-order valence-electron chi connectivity index (χ4n) is 2.59. The summed E-state index contributed by atoms with van der Waals surface area (Å²) in [4.78, 5) is 16.5. The minimum Gasteiger partial charge on any atom is -0.493 e. The van der Waals surface area contributed by atoms with Crippen LogP contribution in [0.15, 0.2) is 60.8 Å². The van der Waals surface area contributed by atoms with Gasteiger partial charge in [0.05, 0.1) is 26.1 Å². The van der Waals surface area contributed by atoms with Crippen molar-refractivity contribution in [1.29, 1.82) is 0 Å². The number of pyridine rings is 1. The second-order valence-electron chi connectivity index (χ2n) is 5.90. The number of halogens is 1. The molecule has 0 unspecified atom stereocenters. The van der Waals surface area contributed by atoms with Crippen molar-refractivity contribution in [2.24, 2.45) is 0 Å². The Morgan fingerprint density at radius 3 is 2.43 bits per heavy atom. The van der Waals surface area contributed by atoms with Crippen LogP contribution >= 0.6 is 11.6 Å². The quantitative estimate of drug-likeness (QED) is 0.617. The van der Waals surface area contributed by atoms with E-state index in [1.807, 2.05) is 36.4 Å². The van der Waals surface area contributed by atoms with Gasteiger partial charge in [-0.25, -0.2) is 4.98 Å². The molecular weight excluding hydrogens is 378 g/mol. The van der Waals surface area contributed by atoms with Crippen molar-refractivity contribution in [2.75, 3.05) is 19.5 Å². The number of anilines is 2. The van der Waals surface area contributed by atoms with Crippen LogP contribution in [0.1, 0.15) is 16.1 Å². The summed E-state index contributed by atoms with van der Waals surface area (Å²) in [6.45, 7) is 0.339. The van der Waals surface area contributed by atoms with Gasteiger partial charge in [0.1, 0.15) is 5.69 Å². The molecule has 0 aliphatic heterocycles. The molecule has 1 amide bonds. The molecule has 0 saturated heterocycles. The maximum absolute atomic E-state index is 12.3. The van der Waals surface area contributed by atoms with Crippen LogP contribution in [0.25, 0.3) is 0 Å². The van der Waals surface area contributed by atoms with Gasteiger partial charge in [-0.3, -0.25) is 4.79 Å². The van der Waals surface area contributed by atoms with Crippen molar-refractivity contribution in [3.05, 3.63) is 77.1 Å². The molecular formula is C21H20ClN3O3. The number of rotatable bonds is 7. The molecule has 0 radical (unpaired) electrons. The van der Waals surface area contributed by atoms with Crippen LogP contribution in [0.5, 0.6) is 11.5 Å². The van der Waals surface area contributed by atoms with Crippen molar-refractivity contribution in [2.45, 2.75) is 6.54 Å². The SMILES string of the molecule is COc1ccc(Nc2ccc(C(=O)NCc3ccccc3Cl)nc2)cc1OC. The number of hydrogen-bond donors (Lipinski definition) is 2. The van der Waals surface area contributed by atoms with Gasteiger partial charge in [0.2, 0.25) is 0 Å². The van der Waals surface area contributed by atoms with Gasteiger partial charge in [0.25, 0.3) is 5.91 Å². The summed E-state index contributed by atoms with van der Waals surface area (Å²) in [7, 11) is 3.17. The Kier molecular flexibility index (Phi) is 6.34. The zero-order valence-electron chi connectivity index (χ0n) is 15.5. The summed E-state index contributed by atoms with van der Waals surface area (Å²) >= 11 is 6.10. The van der Waals surface area contributed by atoms with E-state index in [1.165, 1.54) is 0 Å². The average molecular weight is 398 g/mol. The van der Waals surface area contributed by atoms with Crippen molar-refractivity contribution < 1.29 is 14.3 Å². The first-order chi connectivity index (χ1) is 13.6. The maximum Gasteiger partial charge on any atom is 0.270 e. The summed E-state index contributed by atoms with van der Waals surface area (Å²) < 4.78 is 10.5. The van der Waals surface area contributed by atoms with E-state index in [2.05, 4.69) is 15.6 Å². The van der Waals surface area contributed by atoms with Crippen LogP contribution < -0.4 is 20.1 Å². The molecule has 0 saturated carbocycles. The molecule has 0 bridgehead atoms. The molecule has 3 aromatic rings. The van der Waals surface area contributed by atoms with E-state index in [0.717, 1.165) is 16.9 Å². The van der Waals surface area contributed by atoms with Crippen LogP contribution in [0, 0.1) is 0 Å². The maximum atomic E-state index is 12.3. The van der Waals surface area contributed by atoms with Crippen LogP contribution in [-0.2, 0) is 6.54 Å². The molecule has 28 heavy (non-hydrogen) atoms. The van der Waals surface area contributed by atoms with E-state index in [4.69, 9.17) is 21.1 Å². The Morgan fingerprint density at radius 1 is 1.00 bits per heavy atom. The number of benzene rings is 2. The van der Waals surface area contributed by atoms with Crippen molar-refractivity contribution in [3.8, 4) is 11.5 Å². The first-order valence-electron chi connectivity index (χ1n) is 8.57. The third-order valence-electron chi connectivity index (χ3n) is 4.07. The zero-order valence-corrected chi connectivity index (χ0v) is 16.3. The number of aromatic nitrogens is 1. The molecule has 7 heteroatoms. The third-order valence-corrected chi connectivity index (χ3v) is 4.43. The number of nitrogens with one attached hydrogen (secondary N) is 2. The molecule has 0 aliphatic carbocycles. The second-order valence-corrected chi connectivity index (χ2v) is 6.31. The first-order valence-corrected chi connectivity index (χ1v) is 8.95. The smallest absolute Gasteiger partial charge is 0.270 e. The van der Waals surface area contributed by atoms with E-state index in [9.17, 15) is 4.79 Å². The zero-order chi connectivity index (χ0) is 19.9. The summed E-state index contributed by atoms with van der Waals surface area (Å²) in [5, 5.41) is 6.65. The van der Waals surface area contributed by atoms with E-state index < -0.39 is 0 Å². The van der Waals surface area contributed by atoms with Gasteiger partial charge in [0, 0.05) is 23.3 Å². The Balaban J connectivity index is 1.63. The third kappa shape index (κ3) is 4.72. The predicted molar refractivity (Wildman–Crippen MR) is 110 cm³/mol. The lowest BCUT2D eigenvalue weighted by molar-refractivity contribution is 0.0946. The topological polar surface area (TPSA) is 72.5 Å². The minimum absolute atomic E-state index is 0.266. The normalized spacial score (nSPS) is 10.2. The number of amides is 1. The monoisotopic (exact) mass is 397 g/mol. The van der Waals surface area contributed by atoms with Crippen molar-refractivity contribution in [1.82, 2.24) is 10.3 Å². The van der Waals surface area contributed by atoms with E-state index in [0.29, 0.717) is 28.8 Å². The van der Waals surface area contributed by atoms with E-state index in [1.54, 1.807) is 38.6 Å². The Labute approximate surface area is 168 Å². The van der Waals surface area contributed by atoms with E-state index in [-0.39, 0.29) is 5.91 Å². The lowest BCUT2D eigenvalue weighted by Gasteiger charge is -2.11. The number of carbonyl (C=O) groups is 1. The fraction of sp³-hybridized carbons (Fsp3) is 0.143. The molecule has 0 atom stereocenters. The lowest BCUT2D eigenvalue weighted by atomic mass is 10.2.